The first-order valence-electron chi connectivity index (χ1n) is 7.20. The van der Waals surface area contributed by atoms with Gasteiger partial charge in [0.15, 0.2) is 11.5 Å². The second-order valence-corrected chi connectivity index (χ2v) is 4.89. The molecule has 0 atom stereocenters. The molecule has 0 spiro atoms. The summed E-state index contributed by atoms with van der Waals surface area (Å²) in [5.74, 6) is 0.897. The molecule has 1 heterocycles. The lowest BCUT2D eigenvalue weighted by Crippen LogP contribution is -2.13. The molecule has 8 heteroatoms. The minimum Gasteiger partial charge on any atom is -0.494 e. The Labute approximate surface area is 137 Å². The van der Waals surface area contributed by atoms with Crippen LogP contribution in [-0.2, 0) is 0 Å². The van der Waals surface area contributed by atoms with E-state index in [2.05, 4.69) is 5.32 Å². The minimum absolute atomic E-state index is 0.0890. The number of carbonyl (C=O) groups is 1. The molecule has 1 amide bonds. The van der Waals surface area contributed by atoms with Gasteiger partial charge in [-0.2, -0.15) is 0 Å². The second kappa shape index (κ2) is 6.45. The molecule has 1 N–H and O–H groups in total. The van der Waals surface area contributed by atoms with Crippen LogP contribution in [0, 0.1) is 10.1 Å². The zero-order valence-corrected chi connectivity index (χ0v) is 12.8. The van der Waals surface area contributed by atoms with Crippen molar-refractivity contribution < 1.29 is 23.9 Å². The molecule has 0 radical (unpaired) electrons. The van der Waals surface area contributed by atoms with Gasteiger partial charge in [-0.15, -0.1) is 0 Å². The van der Waals surface area contributed by atoms with Crippen molar-refractivity contribution in [2.45, 2.75) is 6.92 Å². The van der Waals surface area contributed by atoms with Crippen LogP contribution in [0.1, 0.15) is 17.3 Å². The van der Waals surface area contributed by atoms with E-state index >= 15 is 0 Å². The smallest absolute Gasteiger partial charge is 0.296 e. The molecule has 0 aliphatic carbocycles. The van der Waals surface area contributed by atoms with Gasteiger partial charge in [-0.25, -0.2) is 0 Å². The number of nitro groups is 1. The van der Waals surface area contributed by atoms with E-state index in [1.54, 1.807) is 25.1 Å². The van der Waals surface area contributed by atoms with Crippen LogP contribution < -0.4 is 19.5 Å². The Hall–Kier alpha value is -3.29. The van der Waals surface area contributed by atoms with Crippen LogP contribution in [0.5, 0.6) is 17.2 Å². The maximum Gasteiger partial charge on any atom is 0.296 e. The third kappa shape index (κ3) is 3.07. The number of hydrogen-bond acceptors (Lipinski definition) is 6. The molecule has 0 bridgehead atoms. The Bertz CT molecular complexity index is 805. The van der Waals surface area contributed by atoms with Gasteiger partial charge >= 0.3 is 0 Å². The summed E-state index contributed by atoms with van der Waals surface area (Å²) in [6.45, 7) is 2.27. The number of nitro benzene ring substituents is 1. The van der Waals surface area contributed by atoms with E-state index < -0.39 is 10.8 Å². The molecule has 124 valence electrons. The van der Waals surface area contributed by atoms with Gasteiger partial charge in [0.25, 0.3) is 11.6 Å². The second-order valence-electron chi connectivity index (χ2n) is 4.89. The van der Waals surface area contributed by atoms with Gasteiger partial charge in [-0.05, 0) is 37.3 Å². The number of benzene rings is 2. The summed E-state index contributed by atoms with van der Waals surface area (Å²) in [6, 6.07) is 8.98. The van der Waals surface area contributed by atoms with E-state index in [0.717, 1.165) is 0 Å². The quantitative estimate of drug-likeness (QED) is 0.668. The van der Waals surface area contributed by atoms with Gasteiger partial charge in [0.1, 0.15) is 11.4 Å². The maximum absolute atomic E-state index is 12.3. The first kappa shape index (κ1) is 15.6. The fourth-order valence-electron chi connectivity index (χ4n) is 2.26. The topological polar surface area (TPSA) is 99.9 Å². The van der Waals surface area contributed by atoms with Crippen molar-refractivity contribution in [3.05, 3.63) is 52.1 Å². The van der Waals surface area contributed by atoms with Crippen molar-refractivity contribution >= 4 is 17.3 Å². The van der Waals surface area contributed by atoms with Crippen molar-refractivity contribution in [2.75, 3.05) is 18.7 Å². The average Bonchev–Trinajstić information content (AvgIpc) is 3.03. The molecule has 1 aliphatic rings. The lowest BCUT2D eigenvalue weighted by Gasteiger charge is -2.09. The van der Waals surface area contributed by atoms with Crippen LogP contribution in [-0.4, -0.2) is 24.2 Å². The molecule has 8 nitrogen and oxygen atoms in total. The van der Waals surface area contributed by atoms with Gasteiger partial charge in [0.05, 0.1) is 17.6 Å². The van der Waals surface area contributed by atoms with Crippen LogP contribution >= 0.6 is 0 Å². The summed E-state index contributed by atoms with van der Waals surface area (Å²) in [6.07, 6.45) is 0. The van der Waals surface area contributed by atoms with Crippen LogP contribution in [0.15, 0.2) is 36.4 Å². The number of fused-ring (bicyclic) bond motifs is 1. The third-order valence-electron chi connectivity index (χ3n) is 3.36. The average molecular weight is 330 g/mol. The summed E-state index contributed by atoms with van der Waals surface area (Å²) >= 11 is 0. The van der Waals surface area contributed by atoms with E-state index in [1.165, 1.54) is 18.2 Å². The number of amides is 1. The van der Waals surface area contributed by atoms with Crippen LogP contribution in [0.25, 0.3) is 0 Å². The Balaban J connectivity index is 1.84. The molecule has 24 heavy (non-hydrogen) atoms. The highest BCUT2D eigenvalue weighted by molar-refractivity contribution is 6.05. The largest absolute Gasteiger partial charge is 0.494 e. The molecule has 3 rings (SSSR count). The minimum atomic E-state index is -0.572. The van der Waals surface area contributed by atoms with E-state index in [-0.39, 0.29) is 18.2 Å². The monoisotopic (exact) mass is 330 g/mol. The number of rotatable bonds is 5. The summed E-state index contributed by atoms with van der Waals surface area (Å²) in [5.41, 5.74) is 0.156. The predicted molar refractivity (Wildman–Crippen MR) is 84.8 cm³/mol. The van der Waals surface area contributed by atoms with Gasteiger partial charge in [-0.3, -0.25) is 14.9 Å². The van der Waals surface area contributed by atoms with E-state index in [9.17, 15) is 14.9 Å². The first-order valence-corrected chi connectivity index (χ1v) is 7.20. The Morgan fingerprint density at radius 3 is 2.79 bits per heavy atom. The predicted octanol–water partition coefficient (Wildman–Crippen LogP) is 2.97. The highest BCUT2D eigenvalue weighted by Gasteiger charge is 2.20. The molecule has 0 aromatic heterocycles. The lowest BCUT2D eigenvalue weighted by molar-refractivity contribution is -0.384. The number of nitrogens with zero attached hydrogens (tertiary/aromatic N) is 1. The Morgan fingerprint density at radius 1 is 1.25 bits per heavy atom. The molecule has 2 aromatic rings. The zero-order valence-electron chi connectivity index (χ0n) is 12.8. The number of anilines is 1. The van der Waals surface area contributed by atoms with Crippen LogP contribution in [0.4, 0.5) is 11.4 Å². The molecular weight excluding hydrogens is 316 g/mol. The number of hydrogen-bond donors (Lipinski definition) is 1. The van der Waals surface area contributed by atoms with E-state index in [0.29, 0.717) is 29.4 Å². The van der Waals surface area contributed by atoms with Crippen molar-refractivity contribution in [3.63, 3.8) is 0 Å². The normalized spacial score (nSPS) is 11.9. The fourth-order valence-corrected chi connectivity index (χ4v) is 2.26. The number of ether oxygens (including phenoxy) is 3. The first-order chi connectivity index (χ1) is 11.6. The molecule has 1 aliphatic heterocycles. The highest BCUT2D eigenvalue weighted by Crippen LogP contribution is 2.33. The summed E-state index contributed by atoms with van der Waals surface area (Å²) in [5, 5.41) is 13.7. The van der Waals surface area contributed by atoms with Crippen molar-refractivity contribution in [1.82, 2.24) is 0 Å². The molecule has 0 fully saturated rings. The lowest BCUT2D eigenvalue weighted by atomic mass is 10.1. The van der Waals surface area contributed by atoms with Crippen LogP contribution in [0.2, 0.25) is 0 Å². The Morgan fingerprint density at radius 2 is 2.04 bits per heavy atom. The fraction of sp³-hybridized carbons (Fsp3) is 0.188. The zero-order chi connectivity index (χ0) is 17.1. The van der Waals surface area contributed by atoms with Crippen molar-refractivity contribution in [3.8, 4) is 17.2 Å². The highest BCUT2D eigenvalue weighted by atomic mass is 16.7. The molecule has 0 unspecified atom stereocenters. The van der Waals surface area contributed by atoms with Gasteiger partial charge in [0, 0.05) is 5.56 Å². The maximum atomic E-state index is 12.3. The van der Waals surface area contributed by atoms with Gasteiger partial charge in [0.2, 0.25) is 6.79 Å². The summed E-state index contributed by atoms with van der Waals surface area (Å²) in [7, 11) is 0. The van der Waals surface area contributed by atoms with Gasteiger partial charge in [-0.1, -0.05) is 0 Å². The number of nitrogens with one attached hydrogen (secondary N) is 1. The summed E-state index contributed by atoms with van der Waals surface area (Å²) < 4.78 is 15.6. The van der Waals surface area contributed by atoms with Crippen molar-refractivity contribution in [2.24, 2.45) is 0 Å². The SMILES string of the molecule is CCOc1ccc(NC(=O)c2ccc3c(c2)OCO3)c([N+](=O)[O-])c1. The molecule has 2 aromatic carbocycles. The van der Waals surface area contributed by atoms with Gasteiger partial charge < -0.3 is 19.5 Å². The van der Waals surface area contributed by atoms with E-state index in [1.807, 2.05) is 0 Å². The van der Waals surface area contributed by atoms with Crippen molar-refractivity contribution in [1.29, 1.82) is 0 Å². The standard InChI is InChI=1S/C16H14N2O6/c1-2-22-11-4-5-12(13(8-11)18(20)21)17-16(19)10-3-6-14-15(7-10)24-9-23-14/h3-8H,2,9H2,1H3,(H,17,19). The number of carbonyl (C=O) groups excluding carboxylic acids is 1. The van der Waals surface area contributed by atoms with E-state index in [4.69, 9.17) is 14.2 Å². The Kier molecular flexibility index (Phi) is 4.19. The molecule has 0 saturated heterocycles. The third-order valence-corrected chi connectivity index (χ3v) is 3.36. The van der Waals surface area contributed by atoms with Crippen LogP contribution in [0.3, 0.4) is 0 Å². The molecular formula is C16H14N2O6. The molecule has 0 saturated carbocycles. The summed E-state index contributed by atoms with van der Waals surface area (Å²) in [4.78, 5) is 23.0.